The SMILES string of the molecule is CC(=O)NC(CC(=O)O)C(=O)NC(CCC(=O)O)C(=O)NC(C(=O)NC(CC(=O)O)C(=O)Cc1ccccc1)C(C)C. The molecular weight excluding hydrogens is 556 g/mol. The third kappa shape index (κ3) is 13.0. The standard InChI is InChI=1S/C27H36N4O11/c1-14(2)24(27(42)30-18(12-22(36)37)20(33)11-16-7-5-4-6-8-16)31-25(40)17(9-10-21(34)35)29-26(41)19(13-23(38)39)28-15(3)32/h4-8,14,17-19,24H,9-13H2,1-3H3,(H,28,32)(H,29,41)(H,30,42)(H,31,40)(H,34,35)(H,36,37)(H,38,39). The van der Waals surface area contributed by atoms with E-state index in [9.17, 15) is 43.5 Å². The molecule has 0 aromatic heterocycles. The summed E-state index contributed by atoms with van der Waals surface area (Å²) < 4.78 is 0. The quantitative estimate of drug-likeness (QED) is 0.111. The average Bonchev–Trinajstić information content (AvgIpc) is 2.87. The van der Waals surface area contributed by atoms with Crippen molar-refractivity contribution in [1.29, 1.82) is 0 Å². The first kappa shape index (κ1) is 35.2. The Morgan fingerprint density at radius 1 is 0.667 bits per heavy atom. The molecule has 0 spiro atoms. The summed E-state index contributed by atoms with van der Waals surface area (Å²) >= 11 is 0. The summed E-state index contributed by atoms with van der Waals surface area (Å²) in [5, 5.41) is 36.6. The first-order chi connectivity index (χ1) is 19.6. The first-order valence-electron chi connectivity index (χ1n) is 13.0. The highest BCUT2D eigenvalue weighted by Crippen LogP contribution is 2.09. The van der Waals surface area contributed by atoms with Gasteiger partial charge in [0.2, 0.25) is 23.6 Å². The topological polar surface area (TPSA) is 245 Å². The van der Waals surface area contributed by atoms with Crippen LogP contribution in [0.15, 0.2) is 30.3 Å². The zero-order valence-corrected chi connectivity index (χ0v) is 23.4. The van der Waals surface area contributed by atoms with E-state index in [1.54, 1.807) is 44.2 Å². The van der Waals surface area contributed by atoms with Crippen LogP contribution >= 0.6 is 0 Å². The van der Waals surface area contributed by atoms with E-state index < -0.39 is 103 Å². The molecule has 4 amide bonds. The van der Waals surface area contributed by atoms with Crippen molar-refractivity contribution in [3.8, 4) is 0 Å². The van der Waals surface area contributed by atoms with Crippen LogP contribution in [0.4, 0.5) is 0 Å². The number of rotatable bonds is 18. The van der Waals surface area contributed by atoms with Crippen LogP contribution in [0.3, 0.4) is 0 Å². The van der Waals surface area contributed by atoms with Crippen LogP contribution in [0.25, 0.3) is 0 Å². The summed E-state index contributed by atoms with van der Waals surface area (Å²) in [6.07, 6.45) is -2.74. The van der Waals surface area contributed by atoms with Crippen molar-refractivity contribution < 1.29 is 53.7 Å². The minimum atomic E-state index is -1.57. The van der Waals surface area contributed by atoms with Gasteiger partial charge >= 0.3 is 17.9 Å². The number of ketones is 1. The first-order valence-corrected chi connectivity index (χ1v) is 13.0. The van der Waals surface area contributed by atoms with E-state index in [0.29, 0.717) is 5.56 Å². The molecule has 0 heterocycles. The third-order valence-electron chi connectivity index (χ3n) is 5.90. The summed E-state index contributed by atoms with van der Waals surface area (Å²) in [6, 6.07) is 2.55. The van der Waals surface area contributed by atoms with E-state index in [-0.39, 0.29) is 6.42 Å². The van der Waals surface area contributed by atoms with E-state index in [1.165, 1.54) is 0 Å². The Kier molecular flexibility index (Phi) is 14.3. The molecule has 0 fully saturated rings. The number of Topliss-reactive ketones (excluding diaryl/α,β-unsaturated/α-hetero) is 1. The summed E-state index contributed by atoms with van der Waals surface area (Å²) in [4.78, 5) is 97.0. The van der Waals surface area contributed by atoms with Crippen LogP contribution in [0, 0.1) is 5.92 Å². The normalized spacial score (nSPS) is 13.5. The van der Waals surface area contributed by atoms with E-state index >= 15 is 0 Å². The molecule has 7 N–H and O–H groups in total. The van der Waals surface area contributed by atoms with E-state index in [4.69, 9.17) is 10.2 Å². The minimum Gasteiger partial charge on any atom is -0.481 e. The van der Waals surface area contributed by atoms with Gasteiger partial charge in [-0.1, -0.05) is 44.2 Å². The fourth-order valence-electron chi connectivity index (χ4n) is 3.83. The summed E-state index contributed by atoms with van der Waals surface area (Å²) in [7, 11) is 0. The molecule has 1 rings (SSSR count). The molecule has 4 atom stereocenters. The Morgan fingerprint density at radius 3 is 1.69 bits per heavy atom. The van der Waals surface area contributed by atoms with Crippen molar-refractivity contribution in [2.24, 2.45) is 5.92 Å². The smallest absolute Gasteiger partial charge is 0.305 e. The highest BCUT2D eigenvalue weighted by atomic mass is 16.4. The Hall–Kier alpha value is -4.82. The zero-order chi connectivity index (χ0) is 32.0. The van der Waals surface area contributed by atoms with Crippen molar-refractivity contribution in [3.63, 3.8) is 0 Å². The number of carboxylic acid groups (broad SMARTS) is 3. The largest absolute Gasteiger partial charge is 0.481 e. The molecule has 0 aliphatic rings. The molecule has 1 aromatic rings. The minimum absolute atomic E-state index is 0.160. The van der Waals surface area contributed by atoms with Crippen molar-refractivity contribution in [2.45, 2.75) is 77.0 Å². The summed E-state index contributed by atoms with van der Waals surface area (Å²) in [5.74, 6) is -8.97. The van der Waals surface area contributed by atoms with Crippen LogP contribution in [0.1, 0.15) is 52.0 Å². The maximum atomic E-state index is 13.2. The molecular formula is C27H36N4O11. The molecule has 0 radical (unpaired) electrons. The maximum absolute atomic E-state index is 13.2. The van der Waals surface area contributed by atoms with Crippen molar-refractivity contribution in [1.82, 2.24) is 21.3 Å². The lowest BCUT2D eigenvalue weighted by Gasteiger charge is -2.27. The highest BCUT2D eigenvalue weighted by molar-refractivity contribution is 5.97. The lowest BCUT2D eigenvalue weighted by Crippen LogP contribution is -2.59. The second kappa shape index (κ2) is 17.1. The number of carboxylic acids is 3. The molecule has 0 aliphatic carbocycles. The van der Waals surface area contributed by atoms with E-state index in [0.717, 1.165) is 6.92 Å². The van der Waals surface area contributed by atoms with E-state index in [1.807, 2.05) is 0 Å². The van der Waals surface area contributed by atoms with Gasteiger partial charge in [-0.3, -0.25) is 38.4 Å². The molecule has 0 saturated carbocycles. The highest BCUT2D eigenvalue weighted by Gasteiger charge is 2.33. The molecule has 15 nitrogen and oxygen atoms in total. The monoisotopic (exact) mass is 592 g/mol. The Bertz CT molecular complexity index is 1150. The Morgan fingerprint density at radius 2 is 1.19 bits per heavy atom. The molecule has 42 heavy (non-hydrogen) atoms. The molecule has 0 saturated heterocycles. The maximum Gasteiger partial charge on any atom is 0.305 e. The lowest BCUT2D eigenvalue weighted by atomic mass is 9.98. The fraction of sp³-hybridized carbons (Fsp3) is 0.481. The number of hydrogen-bond donors (Lipinski definition) is 7. The number of carbonyl (C=O) groups excluding carboxylic acids is 5. The van der Waals surface area contributed by atoms with Gasteiger partial charge in [0.1, 0.15) is 18.1 Å². The fourth-order valence-corrected chi connectivity index (χ4v) is 3.83. The molecule has 0 bridgehead atoms. The van der Waals surface area contributed by atoms with Gasteiger partial charge in [-0.25, -0.2) is 0 Å². The van der Waals surface area contributed by atoms with Crippen LogP contribution < -0.4 is 21.3 Å². The number of benzene rings is 1. The van der Waals surface area contributed by atoms with Crippen LogP contribution in [0.5, 0.6) is 0 Å². The number of carbonyl (C=O) groups is 8. The number of nitrogens with one attached hydrogen (secondary N) is 4. The van der Waals surface area contributed by atoms with Gasteiger partial charge in [0.15, 0.2) is 5.78 Å². The molecule has 230 valence electrons. The van der Waals surface area contributed by atoms with Crippen LogP contribution in [-0.4, -0.2) is 86.8 Å². The van der Waals surface area contributed by atoms with Gasteiger partial charge in [0, 0.05) is 19.8 Å². The van der Waals surface area contributed by atoms with Gasteiger partial charge in [-0.15, -0.1) is 0 Å². The number of amides is 4. The summed E-state index contributed by atoms with van der Waals surface area (Å²) in [5.41, 5.74) is 0.596. The Balaban J connectivity index is 3.13. The molecule has 1 aromatic carbocycles. The van der Waals surface area contributed by atoms with Crippen molar-refractivity contribution >= 4 is 47.3 Å². The second-order valence-corrected chi connectivity index (χ2v) is 9.86. The van der Waals surface area contributed by atoms with Crippen LogP contribution in [0.2, 0.25) is 0 Å². The van der Waals surface area contributed by atoms with Gasteiger partial charge in [0.05, 0.1) is 18.9 Å². The third-order valence-corrected chi connectivity index (χ3v) is 5.90. The number of aliphatic carboxylic acids is 3. The zero-order valence-electron chi connectivity index (χ0n) is 23.4. The van der Waals surface area contributed by atoms with Gasteiger partial charge in [0.25, 0.3) is 0 Å². The Labute approximate surface area is 241 Å². The van der Waals surface area contributed by atoms with Gasteiger partial charge in [-0.05, 0) is 17.9 Å². The van der Waals surface area contributed by atoms with Gasteiger partial charge < -0.3 is 36.6 Å². The molecule has 0 aliphatic heterocycles. The predicted molar refractivity (Wildman–Crippen MR) is 145 cm³/mol. The van der Waals surface area contributed by atoms with Crippen LogP contribution in [-0.2, 0) is 44.8 Å². The van der Waals surface area contributed by atoms with Crippen molar-refractivity contribution in [3.05, 3.63) is 35.9 Å². The van der Waals surface area contributed by atoms with Crippen molar-refractivity contribution in [2.75, 3.05) is 0 Å². The number of hydrogen-bond acceptors (Lipinski definition) is 8. The predicted octanol–water partition coefficient (Wildman–Crippen LogP) is -0.772. The second-order valence-electron chi connectivity index (χ2n) is 9.86. The van der Waals surface area contributed by atoms with Gasteiger partial charge in [-0.2, -0.15) is 0 Å². The lowest BCUT2D eigenvalue weighted by molar-refractivity contribution is -0.142. The average molecular weight is 593 g/mol. The van der Waals surface area contributed by atoms with E-state index in [2.05, 4.69) is 21.3 Å². The summed E-state index contributed by atoms with van der Waals surface area (Å²) in [6.45, 7) is 4.14. The molecule has 4 unspecified atom stereocenters. The molecule has 15 heteroatoms.